The van der Waals surface area contributed by atoms with Gasteiger partial charge in [0.1, 0.15) is 12.2 Å². The molecule has 2 aromatic heterocycles. The van der Waals surface area contributed by atoms with Gasteiger partial charge in [0, 0.05) is 6.07 Å². The molecule has 1 atom stereocenters. The fraction of sp³-hybridized carbons (Fsp3) is 0.211. The molecule has 0 aliphatic carbocycles. The van der Waals surface area contributed by atoms with Crippen LogP contribution in [0.15, 0.2) is 70.1 Å². The van der Waals surface area contributed by atoms with Crippen LogP contribution >= 0.6 is 0 Å². The van der Waals surface area contributed by atoms with E-state index in [9.17, 15) is 14.7 Å². The lowest BCUT2D eigenvalue weighted by Gasteiger charge is -2.16. The van der Waals surface area contributed by atoms with Gasteiger partial charge in [-0.3, -0.25) is 9.59 Å². The lowest BCUT2D eigenvalue weighted by Crippen LogP contribution is -2.42. The Labute approximate surface area is 149 Å². The molecule has 0 aliphatic heterocycles. The first-order valence-corrected chi connectivity index (χ1v) is 8.22. The van der Waals surface area contributed by atoms with Crippen LogP contribution in [0.4, 0.5) is 0 Å². The number of aliphatic hydroxyl groups excluding tert-OH is 1. The number of nitrogens with one attached hydrogen (secondary N) is 1. The zero-order chi connectivity index (χ0) is 18.4. The zero-order valence-corrected chi connectivity index (χ0v) is 14.0. The van der Waals surface area contributed by atoms with Gasteiger partial charge in [0.25, 0.3) is 5.56 Å². The molecular weight excluding hydrogens is 334 g/mol. The zero-order valence-electron chi connectivity index (χ0n) is 14.0. The van der Waals surface area contributed by atoms with E-state index >= 15 is 0 Å². The van der Waals surface area contributed by atoms with Crippen LogP contribution in [0.1, 0.15) is 5.56 Å². The molecule has 3 rings (SSSR count). The summed E-state index contributed by atoms with van der Waals surface area (Å²) < 4.78 is 6.33. The summed E-state index contributed by atoms with van der Waals surface area (Å²) in [5, 5.41) is 16.4. The predicted octanol–water partition coefficient (Wildman–Crippen LogP) is 1.22. The molecule has 3 aromatic rings. The van der Waals surface area contributed by atoms with Gasteiger partial charge in [0.15, 0.2) is 5.76 Å². The van der Waals surface area contributed by atoms with E-state index in [4.69, 9.17) is 4.42 Å². The first kappa shape index (κ1) is 17.6. The van der Waals surface area contributed by atoms with Crippen molar-refractivity contribution in [1.82, 2.24) is 15.1 Å². The number of aromatic nitrogens is 2. The van der Waals surface area contributed by atoms with Crippen LogP contribution in [0, 0.1) is 0 Å². The van der Waals surface area contributed by atoms with Crippen LogP contribution in [-0.4, -0.2) is 33.4 Å². The molecule has 2 N–H and O–H groups in total. The molecule has 0 saturated heterocycles. The van der Waals surface area contributed by atoms with Crippen LogP contribution in [0.2, 0.25) is 0 Å². The van der Waals surface area contributed by atoms with E-state index in [1.54, 1.807) is 18.2 Å². The maximum absolute atomic E-state index is 12.3. The van der Waals surface area contributed by atoms with Gasteiger partial charge in [0.05, 0.1) is 18.9 Å². The number of aliphatic hydroxyl groups is 1. The fourth-order valence-corrected chi connectivity index (χ4v) is 2.59. The number of furan rings is 1. The van der Waals surface area contributed by atoms with E-state index < -0.39 is 11.9 Å². The first-order valence-electron chi connectivity index (χ1n) is 8.22. The molecule has 0 fully saturated rings. The Morgan fingerprint density at radius 1 is 1.15 bits per heavy atom. The third kappa shape index (κ3) is 4.46. The van der Waals surface area contributed by atoms with Gasteiger partial charge in [0.2, 0.25) is 5.91 Å². The van der Waals surface area contributed by atoms with Gasteiger partial charge in [-0.25, -0.2) is 4.68 Å². The first-order chi connectivity index (χ1) is 12.7. The van der Waals surface area contributed by atoms with Gasteiger partial charge in [-0.2, -0.15) is 5.10 Å². The van der Waals surface area contributed by atoms with Crippen molar-refractivity contribution in [3.8, 4) is 11.5 Å². The summed E-state index contributed by atoms with van der Waals surface area (Å²) in [5.41, 5.74) is 1.08. The van der Waals surface area contributed by atoms with Gasteiger partial charge in [-0.1, -0.05) is 30.3 Å². The summed E-state index contributed by atoms with van der Waals surface area (Å²) in [7, 11) is 0. The van der Waals surface area contributed by atoms with E-state index in [1.165, 1.54) is 12.3 Å². The maximum atomic E-state index is 12.3. The van der Waals surface area contributed by atoms with Crippen LogP contribution in [0.25, 0.3) is 11.5 Å². The largest absolute Gasteiger partial charge is 0.463 e. The minimum atomic E-state index is -0.436. The number of carbonyl (C=O) groups excluding carboxylic acids is 1. The van der Waals surface area contributed by atoms with Gasteiger partial charge in [-0.15, -0.1) is 0 Å². The monoisotopic (exact) mass is 353 g/mol. The van der Waals surface area contributed by atoms with Crippen molar-refractivity contribution >= 4 is 5.91 Å². The highest BCUT2D eigenvalue weighted by atomic mass is 16.3. The Morgan fingerprint density at radius 2 is 1.96 bits per heavy atom. The summed E-state index contributed by atoms with van der Waals surface area (Å²) in [5.74, 6) is 0.114. The number of benzene rings is 1. The van der Waals surface area contributed by atoms with Crippen LogP contribution in [0.5, 0.6) is 0 Å². The topological polar surface area (TPSA) is 97.4 Å². The fourth-order valence-electron chi connectivity index (χ4n) is 2.59. The van der Waals surface area contributed by atoms with Crippen molar-refractivity contribution in [3.63, 3.8) is 0 Å². The quantitative estimate of drug-likeness (QED) is 0.666. The van der Waals surface area contributed by atoms with Crippen LogP contribution in [-0.2, 0) is 17.8 Å². The number of hydrogen-bond acceptors (Lipinski definition) is 5. The SMILES string of the molecule is O=C(Cn1nc(-c2ccco2)ccc1=O)NC(CO)Cc1ccccc1. The Hall–Kier alpha value is -3.19. The van der Waals surface area contributed by atoms with E-state index in [0.29, 0.717) is 17.9 Å². The molecule has 7 nitrogen and oxygen atoms in total. The molecule has 26 heavy (non-hydrogen) atoms. The normalized spacial score (nSPS) is 11.9. The predicted molar refractivity (Wildman–Crippen MR) is 95.4 cm³/mol. The highest BCUT2D eigenvalue weighted by Crippen LogP contribution is 2.14. The molecule has 1 unspecified atom stereocenters. The van der Waals surface area contributed by atoms with Gasteiger partial charge in [-0.05, 0) is 30.2 Å². The molecule has 0 bridgehead atoms. The minimum absolute atomic E-state index is 0.199. The van der Waals surface area contributed by atoms with E-state index in [2.05, 4.69) is 10.4 Å². The Bertz CT molecular complexity index is 904. The molecule has 0 spiro atoms. The minimum Gasteiger partial charge on any atom is -0.463 e. The number of rotatable bonds is 7. The van der Waals surface area contributed by atoms with Gasteiger partial charge >= 0.3 is 0 Å². The van der Waals surface area contributed by atoms with Crippen molar-refractivity contribution < 1.29 is 14.3 Å². The van der Waals surface area contributed by atoms with Crippen molar-refractivity contribution in [2.45, 2.75) is 19.0 Å². The lowest BCUT2D eigenvalue weighted by atomic mass is 10.1. The van der Waals surface area contributed by atoms with Crippen molar-refractivity contribution in [2.75, 3.05) is 6.61 Å². The molecule has 1 amide bonds. The third-order valence-corrected chi connectivity index (χ3v) is 3.84. The lowest BCUT2D eigenvalue weighted by molar-refractivity contribution is -0.122. The average molecular weight is 353 g/mol. The van der Waals surface area contributed by atoms with Crippen molar-refractivity contribution in [1.29, 1.82) is 0 Å². The molecule has 1 aromatic carbocycles. The smallest absolute Gasteiger partial charge is 0.267 e. The Kier molecular flexibility index (Phi) is 5.60. The summed E-state index contributed by atoms with van der Waals surface area (Å²) in [4.78, 5) is 24.2. The summed E-state index contributed by atoms with van der Waals surface area (Å²) in [6.07, 6.45) is 2.01. The summed E-state index contributed by atoms with van der Waals surface area (Å²) in [6, 6.07) is 15.4. The molecular formula is C19H19N3O4. The molecule has 0 aliphatic rings. The van der Waals surface area contributed by atoms with Crippen molar-refractivity contribution in [2.24, 2.45) is 0 Å². The Balaban J connectivity index is 1.67. The standard InChI is InChI=1S/C19H19N3O4/c23-13-15(11-14-5-2-1-3-6-14)20-18(24)12-22-19(25)9-8-16(21-22)17-7-4-10-26-17/h1-10,15,23H,11-13H2,(H,20,24). The number of amides is 1. The second kappa shape index (κ2) is 8.26. The molecule has 0 saturated carbocycles. The molecule has 2 heterocycles. The van der Waals surface area contributed by atoms with E-state index in [1.807, 2.05) is 30.3 Å². The van der Waals surface area contributed by atoms with Gasteiger partial charge < -0.3 is 14.8 Å². The average Bonchev–Trinajstić information content (AvgIpc) is 3.18. The Morgan fingerprint density at radius 3 is 2.65 bits per heavy atom. The number of nitrogens with zero attached hydrogens (tertiary/aromatic N) is 2. The molecule has 134 valence electrons. The van der Waals surface area contributed by atoms with Crippen LogP contribution in [0.3, 0.4) is 0 Å². The van der Waals surface area contributed by atoms with Crippen molar-refractivity contribution in [3.05, 3.63) is 76.8 Å². The molecule has 7 heteroatoms. The highest BCUT2D eigenvalue weighted by Gasteiger charge is 2.14. The number of carbonyl (C=O) groups is 1. The third-order valence-electron chi connectivity index (χ3n) is 3.84. The second-order valence-electron chi connectivity index (χ2n) is 5.83. The highest BCUT2D eigenvalue weighted by molar-refractivity contribution is 5.76. The van der Waals surface area contributed by atoms with Crippen LogP contribution < -0.4 is 10.9 Å². The second-order valence-corrected chi connectivity index (χ2v) is 5.83. The van der Waals surface area contributed by atoms with E-state index in [0.717, 1.165) is 10.2 Å². The summed E-state index contributed by atoms with van der Waals surface area (Å²) >= 11 is 0. The van der Waals surface area contributed by atoms with E-state index in [-0.39, 0.29) is 18.7 Å². The number of hydrogen-bond donors (Lipinski definition) is 2. The molecule has 0 radical (unpaired) electrons. The maximum Gasteiger partial charge on any atom is 0.267 e. The summed E-state index contributed by atoms with van der Waals surface area (Å²) in [6.45, 7) is -0.436.